The van der Waals surface area contributed by atoms with Gasteiger partial charge in [0.05, 0.1) is 5.69 Å². The van der Waals surface area contributed by atoms with Gasteiger partial charge in [-0.3, -0.25) is 0 Å². The Balaban J connectivity index is 2.33. The number of nitrogens with one attached hydrogen (secondary N) is 1. The first-order chi connectivity index (χ1) is 9.07. The zero-order valence-electron chi connectivity index (χ0n) is 10.7. The third-order valence-electron chi connectivity index (χ3n) is 3.04. The Labute approximate surface area is 110 Å². The number of benzene rings is 1. The van der Waals surface area contributed by atoms with Gasteiger partial charge in [0.15, 0.2) is 0 Å². The standard InChI is InChI=1S/C12H15N5O2/c1-3-12(2,10(18)19)13-11-14-15-16-17(11)9-7-5-4-6-8-9/h4-8H,3H2,1-2H3,(H,18,19)(H,13,14,16). The molecule has 7 nitrogen and oxygen atoms in total. The predicted molar refractivity (Wildman–Crippen MR) is 69.1 cm³/mol. The molecule has 1 aromatic carbocycles. The number of para-hydroxylation sites is 1. The van der Waals surface area contributed by atoms with Crippen LogP contribution in [0, 0.1) is 0 Å². The van der Waals surface area contributed by atoms with Gasteiger partial charge in [-0.05, 0) is 35.9 Å². The molecule has 100 valence electrons. The first-order valence-corrected chi connectivity index (χ1v) is 5.92. The van der Waals surface area contributed by atoms with Crippen LogP contribution in [0.25, 0.3) is 5.69 Å². The highest BCUT2D eigenvalue weighted by Gasteiger charge is 2.32. The van der Waals surface area contributed by atoms with Crippen molar-refractivity contribution < 1.29 is 9.90 Å². The number of anilines is 1. The molecule has 0 saturated carbocycles. The maximum atomic E-state index is 11.3. The molecule has 0 fully saturated rings. The maximum absolute atomic E-state index is 11.3. The van der Waals surface area contributed by atoms with Crippen molar-refractivity contribution in [2.24, 2.45) is 0 Å². The number of nitrogens with zero attached hydrogens (tertiary/aromatic N) is 4. The summed E-state index contributed by atoms with van der Waals surface area (Å²) in [6, 6.07) is 9.28. The minimum absolute atomic E-state index is 0.304. The van der Waals surface area contributed by atoms with Crippen LogP contribution in [0.3, 0.4) is 0 Å². The molecule has 0 bridgehead atoms. The second-order valence-corrected chi connectivity index (χ2v) is 4.37. The Hall–Kier alpha value is -2.44. The van der Waals surface area contributed by atoms with Crippen LogP contribution in [0.1, 0.15) is 20.3 Å². The molecule has 1 atom stereocenters. The summed E-state index contributed by atoms with van der Waals surface area (Å²) in [5.41, 5.74) is -0.347. The van der Waals surface area contributed by atoms with Gasteiger partial charge in [-0.15, -0.1) is 0 Å². The van der Waals surface area contributed by atoms with Crippen molar-refractivity contribution in [1.29, 1.82) is 0 Å². The van der Waals surface area contributed by atoms with E-state index in [2.05, 4.69) is 20.8 Å². The molecule has 19 heavy (non-hydrogen) atoms. The lowest BCUT2D eigenvalue weighted by Crippen LogP contribution is -2.43. The fourth-order valence-electron chi connectivity index (χ4n) is 1.55. The molecule has 2 aromatic rings. The van der Waals surface area contributed by atoms with Gasteiger partial charge in [0.2, 0.25) is 5.95 Å². The van der Waals surface area contributed by atoms with E-state index in [4.69, 9.17) is 0 Å². The summed E-state index contributed by atoms with van der Waals surface area (Å²) >= 11 is 0. The van der Waals surface area contributed by atoms with E-state index in [1.54, 1.807) is 13.8 Å². The molecule has 1 aromatic heterocycles. The van der Waals surface area contributed by atoms with Gasteiger partial charge in [0, 0.05) is 0 Å². The number of carbonyl (C=O) groups is 1. The first-order valence-electron chi connectivity index (χ1n) is 5.92. The highest BCUT2D eigenvalue weighted by atomic mass is 16.4. The summed E-state index contributed by atoms with van der Waals surface area (Å²) in [4.78, 5) is 11.3. The molecule has 7 heteroatoms. The zero-order valence-corrected chi connectivity index (χ0v) is 10.7. The van der Waals surface area contributed by atoms with Gasteiger partial charge in [0.1, 0.15) is 5.54 Å². The Bertz CT molecular complexity index is 569. The number of aromatic nitrogens is 4. The summed E-state index contributed by atoms with van der Waals surface area (Å²) in [6.07, 6.45) is 0.407. The molecule has 0 saturated heterocycles. The number of hydrogen-bond donors (Lipinski definition) is 2. The monoisotopic (exact) mass is 261 g/mol. The van der Waals surface area contributed by atoms with Crippen molar-refractivity contribution in [3.05, 3.63) is 30.3 Å². The molecule has 2 rings (SSSR count). The van der Waals surface area contributed by atoms with E-state index < -0.39 is 11.5 Å². The SMILES string of the molecule is CCC(C)(Nc1nnnn1-c1ccccc1)C(=O)O. The summed E-state index contributed by atoms with van der Waals surface area (Å²) in [5.74, 6) is -0.643. The highest BCUT2D eigenvalue weighted by molar-refractivity contribution is 5.81. The van der Waals surface area contributed by atoms with E-state index in [1.165, 1.54) is 4.68 Å². The predicted octanol–water partition coefficient (Wildman–Crippen LogP) is 1.33. The van der Waals surface area contributed by atoms with Crippen molar-refractivity contribution in [2.75, 3.05) is 5.32 Å². The number of hydrogen-bond acceptors (Lipinski definition) is 5. The molecular weight excluding hydrogens is 246 g/mol. The van der Waals surface area contributed by atoms with Gasteiger partial charge in [0.25, 0.3) is 0 Å². The lowest BCUT2D eigenvalue weighted by molar-refractivity contribution is -0.141. The van der Waals surface area contributed by atoms with Crippen molar-refractivity contribution >= 4 is 11.9 Å². The average molecular weight is 261 g/mol. The molecule has 1 heterocycles. The van der Waals surface area contributed by atoms with Gasteiger partial charge in [-0.2, -0.15) is 4.68 Å². The summed E-state index contributed by atoms with van der Waals surface area (Å²) in [5, 5.41) is 23.4. The van der Waals surface area contributed by atoms with E-state index in [-0.39, 0.29) is 0 Å². The first kappa shape index (κ1) is 13.0. The highest BCUT2D eigenvalue weighted by Crippen LogP contribution is 2.18. The summed E-state index contributed by atoms with van der Waals surface area (Å²) in [6.45, 7) is 3.39. The van der Waals surface area contributed by atoms with Crippen LogP contribution in [-0.4, -0.2) is 36.8 Å². The number of aliphatic carboxylic acids is 1. The van der Waals surface area contributed by atoms with E-state index in [0.29, 0.717) is 12.4 Å². The molecule has 2 N–H and O–H groups in total. The molecular formula is C12H15N5O2. The number of carboxylic acid groups (broad SMARTS) is 1. The van der Waals surface area contributed by atoms with Crippen molar-refractivity contribution in [3.63, 3.8) is 0 Å². The number of tetrazole rings is 1. The lowest BCUT2D eigenvalue weighted by Gasteiger charge is -2.24. The minimum Gasteiger partial charge on any atom is -0.480 e. The molecule has 0 radical (unpaired) electrons. The average Bonchev–Trinajstić information content (AvgIpc) is 2.87. The van der Waals surface area contributed by atoms with E-state index in [1.807, 2.05) is 30.3 Å². The van der Waals surface area contributed by atoms with Crippen LogP contribution in [0.15, 0.2) is 30.3 Å². The second kappa shape index (κ2) is 5.05. The lowest BCUT2D eigenvalue weighted by atomic mass is 10.00. The molecule has 0 aliphatic carbocycles. The van der Waals surface area contributed by atoms with Gasteiger partial charge >= 0.3 is 5.97 Å². The largest absolute Gasteiger partial charge is 0.480 e. The molecule has 0 aliphatic heterocycles. The third kappa shape index (κ3) is 2.54. The smallest absolute Gasteiger partial charge is 0.329 e. The maximum Gasteiger partial charge on any atom is 0.329 e. The quantitative estimate of drug-likeness (QED) is 0.843. The van der Waals surface area contributed by atoms with Gasteiger partial charge in [-0.1, -0.05) is 30.2 Å². The van der Waals surface area contributed by atoms with Crippen LogP contribution in [-0.2, 0) is 4.79 Å². The van der Waals surface area contributed by atoms with Crippen molar-refractivity contribution in [2.45, 2.75) is 25.8 Å². The van der Waals surface area contributed by atoms with E-state index in [9.17, 15) is 9.90 Å². The van der Waals surface area contributed by atoms with Crippen molar-refractivity contribution in [1.82, 2.24) is 20.2 Å². The van der Waals surface area contributed by atoms with Crippen LogP contribution in [0.5, 0.6) is 0 Å². The van der Waals surface area contributed by atoms with E-state index >= 15 is 0 Å². The normalized spacial score (nSPS) is 13.8. The van der Waals surface area contributed by atoms with Crippen LogP contribution in [0.2, 0.25) is 0 Å². The Kier molecular flexibility index (Phi) is 3.46. The van der Waals surface area contributed by atoms with Gasteiger partial charge in [-0.25, -0.2) is 4.79 Å². The number of carboxylic acids is 1. The summed E-state index contributed by atoms with van der Waals surface area (Å²) in [7, 11) is 0. The Morgan fingerprint density at radius 2 is 2.11 bits per heavy atom. The molecule has 0 aliphatic rings. The van der Waals surface area contributed by atoms with Gasteiger partial charge < -0.3 is 10.4 Å². The van der Waals surface area contributed by atoms with Crippen LogP contribution in [0.4, 0.5) is 5.95 Å². The fourth-order valence-corrected chi connectivity index (χ4v) is 1.55. The third-order valence-corrected chi connectivity index (χ3v) is 3.04. The molecule has 0 spiro atoms. The summed E-state index contributed by atoms with van der Waals surface area (Å²) < 4.78 is 1.47. The molecule has 1 unspecified atom stereocenters. The van der Waals surface area contributed by atoms with Crippen LogP contribution >= 0.6 is 0 Å². The fraction of sp³-hybridized carbons (Fsp3) is 0.333. The Morgan fingerprint density at radius 1 is 1.42 bits per heavy atom. The topological polar surface area (TPSA) is 92.9 Å². The second-order valence-electron chi connectivity index (χ2n) is 4.37. The minimum atomic E-state index is -1.11. The Morgan fingerprint density at radius 3 is 2.68 bits per heavy atom. The van der Waals surface area contributed by atoms with Crippen molar-refractivity contribution in [3.8, 4) is 5.69 Å². The van der Waals surface area contributed by atoms with Crippen LogP contribution < -0.4 is 5.32 Å². The molecule has 0 amide bonds. The number of rotatable bonds is 5. The van der Waals surface area contributed by atoms with E-state index in [0.717, 1.165) is 5.69 Å². The zero-order chi connectivity index (χ0) is 13.9.